The van der Waals surface area contributed by atoms with Crippen LogP contribution in [0.5, 0.6) is 0 Å². The van der Waals surface area contributed by atoms with Crippen LogP contribution in [0.4, 0.5) is 0 Å². The highest BCUT2D eigenvalue weighted by molar-refractivity contribution is 5.04. The van der Waals surface area contributed by atoms with Gasteiger partial charge in [0.25, 0.3) is 0 Å². The molecule has 1 aromatic rings. The molecule has 1 aliphatic heterocycles. The number of imidazole rings is 1. The minimum atomic E-state index is 0.510. The van der Waals surface area contributed by atoms with Crippen molar-refractivity contribution in [2.45, 2.75) is 18.9 Å². The van der Waals surface area contributed by atoms with Gasteiger partial charge in [0.2, 0.25) is 0 Å². The van der Waals surface area contributed by atoms with E-state index in [9.17, 15) is 0 Å². The second-order valence-corrected chi connectivity index (χ2v) is 3.11. The molecule has 0 spiro atoms. The van der Waals surface area contributed by atoms with Crippen LogP contribution in [0.15, 0.2) is 12.5 Å². The van der Waals surface area contributed by atoms with Crippen LogP contribution in [0.25, 0.3) is 0 Å². The zero-order chi connectivity index (χ0) is 7.68. The van der Waals surface area contributed by atoms with Crippen molar-refractivity contribution in [3.05, 3.63) is 18.2 Å². The van der Waals surface area contributed by atoms with Crippen molar-refractivity contribution in [1.29, 1.82) is 0 Å². The van der Waals surface area contributed by atoms with E-state index < -0.39 is 0 Å². The van der Waals surface area contributed by atoms with Gasteiger partial charge in [-0.25, -0.2) is 4.98 Å². The highest BCUT2D eigenvalue weighted by Crippen LogP contribution is 2.20. The smallest absolute Gasteiger partial charge is 0.0947 e. The SMILES string of the molecule is Cn1cnc(C2CCCN2)c1. The van der Waals surface area contributed by atoms with Crippen LogP contribution in [-0.4, -0.2) is 16.1 Å². The highest BCUT2D eigenvalue weighted by atomic mass is 15.0. The normalized spacial score (nSPS) is 24.3. The van der Waals surface area contributed by atoms with Crippen molar-refractivity contribution in [3.8, 4) is 0 Å². The molecule has 0 amide bonds. The summed E-state index contributed by atoms with van der Waals surface area (Å²) in [5, 5.41) is 3.41. The van der Waals surface area contributed by atoms with E-state index in [-0.39, 0.29) is 0 Å². The summed E-state index contributed by atoms with van der Waals surface area (Å²) in [7, 11) is 2.01. The maximum Gasteiger partial charge on any atom is 0.0947 e. The molecule has 1 atom stereocenters. The molecule has 60 valence electrons. The molecule has 3 nitrogen and oxygen atoms in total. The van der Waals surface area contributed by atoms with Gasteiger partial charge in [-0.2, -0.15) is 0 Å². The Balaban J connectivity index is 2.15. The van der Waals surface area contributed by atoms with E-state index in [4.69, 9.17) is 0 Å². The van der Waals surface area contributed by atoms with Gasteiger partial charge in [-0.05, 0) is 19.4 Å². The average molecular weight is 151 g/mol. The lowest BCUT2D eigenvalue weighted by atomic mass is 10.2. The van der Waals surface area contributed by atoms with Gasteiger partial charge in [-0.15, -0.1) is 0 Å². The summed E-state index contributed by atoms with van der Waals surface area (Å²) in [4.78, 5) is 4.30. The predicted molar refractivity (Wildman–Crippen MR) is 43.2 cm³/mol. The molecular weight excluding hydrogens is 138 g/mol. The molecule has 11 heavy (non-hydrogen) atoms. The molecule has 1 N–H and O–H groups in total. The number of aromatic nitrogens is 2. The van der Waals surface area contributed by atoms with Gasteiger partial charge in [0.15, 0.2) is 0 Å². The summed E-state index contributed by atoms with van der Waals surface area (Å²) in [6.07, 6.45) is 6.45. The molecule has 0 bridgehead atoms. The zero-order valence-electron chi connectivity index (χ0n) is 6.75. The minimum Gasteiger partial charge on any atom is -0.340 e. The molecule has 0 radical (unpaired) electrons. The summed E-state index contributed by atoms with van der Waals surface area (Å²) < 4.78 is 2.00. The van der Waals surface area contributed by atoms with Gasteiger partial charge < -0.3 is 9.88 Å². The number of hydrogen-bond acceptors (Lipinski definition) is 2. The van der Waals surface area contributed by atoms with E-state index in [2.05, 4.69) is 16.5 Å². The molecule has 0 aliphatic carbocycles. The third kappa shape index (κ3) is 1.28. The van der Waals surface area contributed by atoms with Gasteiger partial charge in [0.1, 0.15) is 0 Å². The van der Waals surface area contributed by atoms with Gasteiger partial charge in [-0.3, -0.25) is 0 Å². The predicted octanol–water partition coefficient (Wildman–Crippen LogP) is 0.845. The van der Waals surface area contributed by atoms with Crippen molar-refractivity contribution >= 4 is 0 Å². The molecule has 0 aromatic carbocycles. The Labute approximate surface area is 66.4 Å². The molecular formula is C8H13N3. The lowest BCUT2D eigenvalue weighted by Gasteiger charge is -2.04. The molecule has 2 heterocycles. The van der Waals surface area contributed by atoms with Crippen molar-refractivity contribution in [2.24, 2.45) is 7.05 Å². The molecule has 3 heteroatoms. The molecule has 1 saturated heterocycles. The Hall–Kier alpha value is -0.830. The maximum atomic E-state index is 4.30. The molecule has 1 unspecified atom stereocenters. The lowest BCUT2D eigenvalue weighted by Crippen LogP contribution is -2.12. The van der Waals surface area contributed by atoms with Gasteiger partial charge in [-0.1, -0.05) is 0 Å². The van der Waals surface area contributed by atoms with Crippen molar-refractivity contribution in [3.63, 3.8) is 0 Å². The standard InChI is InChI=1S/C8H13N3/c1-11-5-8(10-6-11)7-3-2-4-9-7/h5-7,9H,2-4H2,1H3. The van der Waals surface area contributed by atoms with E-state index in [1.165, 1.54) is 18.5 Å². The summed E-state index contributed by atoms with van der Waals surface area (Å²) >= 11 is 0. The Morgan fingerprint density at radius 3 is 3.18 bits per heavy atom. The van der Waals surface area contributed by atoms with Gasteiger partial charge >= 0.3 is 0 Å². The van der Waals surface area contributed by atoms with E-state index in [0.717, 1.165) is 6.54 Å². The van der Waals surface area contributed by atoms with E-state index >= 15 is 0 Å². The first-order valence-corrected chi connectivity index (χ1v) is 4.07. The van der Waals surface area contributed by atoms with Gasteiger partial charge in [0, 0.05) is 13.2 Å². The largest absolute Gasteiger partial charge is 0.340 e. The van der Waals surface area contributed by atoms with Crippen LogP contribution in [0.1, 0.15) is 24.6 Å². The lowest BCUT2D eigenvalue weighted by molar-refractivity contribution is 0.630. The molecule has 1 fully saturated rings. The van der Waals surface area contributed by atoms with Crippen molar-refractivity contribution in [1.82, 2.24) is 14.9 Å². The number of aryl methyl sites for hydroxylation is 1. The molecule has 1 aliphatic rings. The average Bonchev–Trinajstić information content (AvgIpc) is 2.55. The molecule has 0 saturated carbocycles. The van der Waals surface area contributed by atoms with E-state index in [1.807, 2.05) is 17.9 Å². The second-order valence-electron chi connectivity index (χ2n) is 3.11. The third-order valence-corrected chi connectivity index (χ3v) is 2.14. The quantitative estimate of drug-likeness (QED) is 0.644. The summed E-state index contributed by atoms with van der Waals surface area (Å²) in [5.74, 6) is 0. The summed E-state index contributed by atoms with van der Waals surface area (Å²) in [5.41, 5.74) is 1.19. The van der Waals surface area contributed by atoms with Crippen LogP contribution in [0, 0.1) is 0 Å². The first-order valence-electron chi connectivity index (χ1n) is 4.07. The topological polar surface area (TPSA) is 29.9 Å². The van der Waals surface area contributed by atoms with Crippen LogP contribution < -0.4 is 5.32 Å². The number of nitrogens with zero attached hydrogens (tertiary/aromatic N) is 2. The molecule has 2 rings (SSSR count). The first kappa shape index (κ1) is 6.85. The fourth-order valence-electron chi connectivity index (χ4n) is 1.55. The van der Waals surface area contributed by atoms with Crippen LogP contribution in [-0.2, 0) is 7.05 Å². The maximum absolute atomic E-state index is 4.30. The summed E-state index contributed by atoms with van der Waals surface area (Å²) in [6, 6.07) is 0.510. The monoisotopic (exact) mass is 151 g/mol. The van der Waals surface area contributed by atoms with Crippen LogP contribution in [0.2, 0.25) is 0 Å². The highest BCUT2D eigenvalue weighted by Gasteiger charge is 2.17. The van der Waals surface area contributed by atoms with Crippen molar-refractivity contribution < 1.29 is 0 Å². The zero-order valence-corrected chi connectivity index (χ0v) is 6.75. The Kier molecular flexibility index (Phi) is 1.66. The Bertz CT molecular complexity index is 235. The Morgan fingerprint density at radius 2 is 2.64 bits per heavy atom. The molecule has 1 aromatic heterocycles. The van der Waals surface area contributed by atoms with Crippen LogP contribution >= 0.6 is 0 Å². The van der Waals surface area contributed by atoms with E-state index in [1.54, 1.807) is 0 Å². The van der Waals surface area contributed by atoms with E-state index in [0.29, 0.717) is 6.04 Å². The fraction of sp³-hybridized carbons (Fsp3) is 0.625. The first-order chi connectivity index (χ1) is 5.36. The number of nitrogens with one attached hydrogen (secondary N) is 1. The third-order valence-electron chi connectivity index (χ3n) is 2.14. The fourth-order valence-corrected chi connectivity index (χ4v) is 1.55. The summed E-state index contributed by atoms with van der Waals surface area (Å²) in [6.45, 7) is 1.14. The van der Waals surface area contributed by atoms with Crippen LogP contribution in [0.3, 0.4) is 0 Å². The second kappa shape index (κ2) is 2.66. The van der Waals surface area contributed by atoms with Crippen molar-refractivity contribution in [2.75, 3.05) is 6.54 Å². The number of hydrogen-bond donors (Lipinski definition) is 1. The minimum absolute atomic E-state index is 0.510. The van der Waals surface area contributed by atoms with Gasteiger partial charge in [0.05, 0.1) is 18.1 Å². The number of rotatable bonds is 1. The Morgan fingerprint density at radius 1 is 1.73 bits per heavy atom.